The number of ether oxygens (including phenoxy) is 4. The quantitative estimate of drug-likeness (QED) is 0.546. The number of hydrogen-bond donors (Lipinski definition) is 1. The molecular weight excluding hydrogens is 356 g/mol. The first-order chi connectivity index (χ1) is 13.7. The van der Waals surface area contributed by atoms with E-state index in [9.17, 15) is 0 Å². The predicted octanol–water partition coefficient (Wildman–Crippen LogP) is 3.79. The highest BCUT2D eigenvalue weighted by Gasteiger charge is 2.18. The van der Waals surface area contributed by atoms with Gasteiger partial charge in [0.1, 0.15) is 0 Å². The highest BCUT2D eigenvalue weighted by Crippen LogP contribution is 2.42. The fraction of sp³-hybridized carbons (Fsp3) is 0.227. The summed E-state index contributed by atoms with van der Waals surface area (Å²) in [5, 5.41) is 5.33. The number of aromatic nitrogens is 1. The summed E-state index contributed by atoms with van der Waals surface area (Å²) >= 11 is 0. The maximum Gasteiger partial charge on any atom is 0.231 e. The van der Waals surface area contributed by atoms with Gasteiger partial charge in [0, 0.05) is 23.0 Å². The van der Waals surface area contributed by atoms with Crippen LogP contribution < -0.4 is 24.7 Å². The molecule has 5 rings (SSSR count). The smallest absolute Gasteiger partial charge is 0.231 e. The molecule has 0 amide bonds. The molecule has 0 unspecified atom stereocenters. The lowest BCUT2D eigenvalue weighted by molar-refractivity contribution is 0.174. The van der Waals surface area contributed by atoms with Crippen LogP contribution in [0.25, 0.3) is 32.4 Å². The van der Waals surface area contributed by atoms with Gasteiger partial charge in [0.05, 0.1) is 19.7 Å². The lowest BCUT2D eigenvalue weighted by Gasteiger charge is -2.15. The van der Waals surface area contributed by atoms with Crippen LogP contribution in [0.1, 0.15) is 5.56 Å². The molecule has 0 saturated heterocycles. The average Bonchev–Trinajstić information content (AvgIpc) is 3.18. The number of methoxy groups -OCH3 is 2. The van der Waals surface area contributed by atoms with Crippen molar-refractivity contribution < 1.29 is 18.9 Å². The van der Waals surface area contributed by atoms with Gasteiger partial charge in [-0.05, 0) is 59.0 Å². The van der Waals surface area contributed by atoms with Crippen molar-refractivity contribution in [3.8, 4) is 23.0 Å². The van der Waals surface area contributed by atoms with Crippen molar-refractivity contribution in [1.29, 1.82) is 0 Å². The second-order valence-electron chi connectivity index (χ2n) is 6.77. The van der Waals surface area contributed by atoms with Gasteiger partial charge in [0.15, 0.2) is 23.0 Å². The van der Waals surface area contributed by atoms with Crippen LogP contribution in [-0.4, -0.2) is 32.5 Å². The molecule has 142 valence electrons. The number of pyridine rings is 1. The van der Waals surface area contributed by atoms with E-state index in [1.54, 1.807) is 14.2 Å². The van der Waals surface area contributed by atoms with Crippen LogP contribution in [0.2, 0.25) is 0 Å². The van der Waals surface area contributed by atoms with Gasteiger partial charge in [-0.1, -0.05) is 0 Å². The Bertz CT molecular complexity index is 1240. The van der Waals surface area contributed by atoms with Crippen LogP contribution in [0.15, 0.2) is 36.5 Å². The third-order valence-corrected chi connectivity index (χ3v) is 5.30. The minimum Gasteiger partial charge on any atom is -0.493 e. The largest absolute Gasteiger partial charge is 0.493 e. The summed E-state index contributed by atoms with van der Waals surface area (Å²) in [6, 6.07) is 10.2. The second-order valence-corrected chi connectivity index (χ2v) is 6.77. The number of rotatable bonds is 4. The van der Waals surface area contributed by atoms with Gasteiger partial charge < -0.3 is 24.7 Å². The molecule has 6 heteroatoms. The molecule has 1 aliphatic rings. The standard InChI is InChI=1S/C22H20N2O4/c1-25-19-6-13-12(3-4-23)5-14-16-8-21-22(28-11-27-21)9-18(16)24-10-17(14)15(13)7-20(19)26-2/h5-10H,3-4,11,23H2,1-2H3. The first kappa shape index (κ1) is 16.9. The van der Waals surface area contributed by atoms with Crippen LogP contribution in [0.3, 0.4) is 0 Å². The van der Waals surface area contributed by atoms with Crippen LogP contribution >= 0.6 is 0 Å². The Hall–Kier alpha value is -3.25. The monoisotopic (exact) mass is 376 g/mol. The molecule has 0 radical (unpaired) electrons. The maximum absolute atomic E-state index is 5.90. The highest BCUT2D eigenvalue weighted by molar-refractivity contribution is 6.18. The molecular formula is C22H20N2O4. The third-order valence-electron chi connectivity index (χ3n) is 5.30. The van der Waals surface area contributed by atoms with Crippen molar-refractivity contribution >= 4 is 32.4 Å². The first-order valence-corrected chi connectivity index (χ1v) is 9.13. The van der Waals surface area contributed by atoms with Crippen molar-refractivity contribution in [2.24, 2.45) is 5.73 Å². The molecule has 6 nitrogen and oxygen atoms in total. The Morgan fingerprint density at radius 2 is 1.54 bits per heavy atom. The van der Waals surface area contributed by atoms with Crippen molar-refractivity contribution in [1.82, 2.24) is 4.98 Å². The zero-order chi connectivity index (χ0) is 19.3. The summed E-state index contributed by atoms with van der Waals surface area (Å²) in [4.78, 5) is 4.68. The van der Waals surface area contributed by atoms with Crippen LogP contribution in [0.5, 0.6) is 23.0 Å². The van der Waals surface area contributed by atoms with E-state index in [0.29, 0.717) is 18.0 Å². The van der Waals surface area contributed by atoms with Gasteiger partial charge in [0.2, 0.25) is 6.79 Å². The molecule has 0 bridgehead atoms. The summed E-state index contributed by atoms with van der Waals surface area (Å²) in [6.45, 7) is 0.798. The summed E-state index contributed by atoms with van der Waals surface area (Å²) in [6.07, 6.45) is 2.66. The summed E-state index contributed by atoms with van der Waals surface area (Å²) in [5.41, 5.74) is 7.94. The third kappa shape index (κ3) is 2.42. The second kappa shape index (κ2) is 6.42. The SMILES string of the molecule is COc1cc2c(CCN)cc3c4cc5c(cc4ncc3c2cc1OC)OCO5. The normalized spacial score (nSPS) is 12.8. The fourth-order valence-electron chi connectivity index (χ4n) is 3.95. The van der Waals surface area contributed by atoms with E-state index in [1.165, 1.54) is 0 Å². The van der Waals surface area contributed by atoms with E-state index in [1.807, 2.05) is 30.5 Å². The highest BCUT2D eigenvalue weighted by atomic mass is 16.7. The Morgan fingerprint density at radius 3 is 2.25 bits per heavy atom. The lowest BCUT2D eigenvalue weighted by atomic mass is 9.94. The molecule has 0 atom stereocenters. The number of nitrogens with two attached hydrogens (primary N) is 1. The van der Waals surface area contributed by atoms with Crippen molar-refractivity contribution in [2.45, 2.75) is 6.42 Å². The van der Waals surface area contributed by atoms with E-state index in [4.69, 9.17) is 24.7 Å². The molecule has 4 aromatic rings. The molecule has 0 spiro atoms. The molecule has 3 aromatic carbocycles. The van der Waals surface area contributed by atoms with E-state index in [0.717, 1.165) is 55.9 Å². The molecule has 0 aliphatic carbocycles. The Balaban J connectivity index is 1.92. The van der Waals surface area contributed by atoms with Crippen LogP contribution in [-0.2, 0) is 6.42 Å². The number of hydrogen-bond acceptors (Lipinski definition) is 6. The maximum atomic E-state index is 5.90. The molecule has 2 heterocycles. The van der Waals surface area contributed by atoms with E-state index < -0.39 is 0 Å². The van der Waals surface area contributed by atoms with Crippen molar-refractivity contribution in [2.75, 3.05) is 27.6 Å². The zero-order valence-corrected chi connectivity index (χ0v) is 15.7. The summed E-state index contributed by atoms with van der Waals surface area (Å²) in [5.74, 6) is 2.86. The van der Waals surface area contributed by atoms with Crippen molar-refractivity contribution in [3.63, 3.8) is 0 Å². The lowest BCUT2D eigenvalue weighted by Crippen LogP contribution is -2.04. The Labute approximate surface area is 161 Å². The zero-order valence-electron chi connectivity index (χ0n) is 15.7. The van der Waals surface area contributed by atoms with Crippen molar-refractivity contribution in [3.05, 3.63) is 42.1 Å². The van der Waals surface area contributed by atoms with Gasteiger partial charge in [-0.15, -0.1) is 0 Å². The van der Waals surface area contributed by atoms with Crippen LogP contribution in [0, 0.1) is 0 Å². The predicted molar refractivity (Wildman–Crippen MR) is 109 cm³/mol. The number of nitrogens with zero attached hydrogens (tertiary/aromatic N) is 1. The van der Waals surface area contributed by atoms with Gasteiger partial charge in [-0.25, -0.2) is 0 Å². The first-order valence-electron chi connectivity index (χ1n) is 9.13. The molecule has 0 fully saturated rings. The average molecular weight is 376 g/mol. The van der Waals surface area contributed by atoms with E-state index in [-0.39, 0.29) is 6.79 Å². The molecule has 2 N–H and O–H groups in total. The van der Waals surface area contributed by atoms with Gasteiger partial charge >= 0.3 is 0 Å². The van der Waals surface area contributed by atoms with Gasteiger partial charge in [-0.3, -0.25) is 4.98 Å². The Morgan fingerprint density at radius 1 is 0.857 bits per heavy atom. The minimum atomic E-state index is 0.238. The van der Waals surface area contributed by atoms with Gasteiger partial charge in [-0.2, -0.15) is 0 Å². The van der Waals surface area contributed by atoms with Gasteiger partial charge in [0.25, 0.3) is 0 Å². The summed E-state index contributed by atoms with van der Waals surface area (Å²) < 4.78 is 22.1. The van der Waals surface area contributed by atoms with E-state index in [2.05, 4.69) is 11.1 Å². The molecule has 1 aromatic heterocycles. The number of fused-ring (bicyclic) bond motifs is 6. The van der Waals surface area contributed by atoms with Crippen LogP contribution in [0.4, 0.5) is 0 Å². The Kier molecular flexibility index (Phi) is 3.87. The minimum absolute atomic E-state index is 0.238. The molecule has 1 aliphatic heterocycles. The number of benzene rings is 3. The van der Waals surface area contributed by atoms with E-state index >= 15 is 0 Å². The molecule has 28 heavy (non-hydrogen) atoms. The topological polar surface area (TPSA) is 75.8 Å². The fourth-order valence-corrected chi connectivity index (χ4v) is 3.95. The summed E-state index contributed by atoms with van der Waals surface area (Å²) in [7, 11) is 3.29. The molecule has 0 saturated carbocycles.